The number of halogens is 1. The molecule has 0 radical (unpaired) electrons. The van der Waals surface area contributed by atoms with E-state index in [-0.39, 0.29) is 18.5 Å². The van der Waals surface area contributed by atoms with Crippen LogP contribution in [0.3, 0.4) is 0 Å². The molecule has 2 unspecified atom stereocenters. The molecule has 4 rings (SSSR count). The molecule has 2 aromatic carbocycles. The van der Waals surface area contributed by atoms with Crippen LogP contribution in [0, 0.1) is 0 Å². The number of nitrogens with zero attached hydrogens (tertiary/aromatic N) is 3. The van der Waals surface area contributed by atoms with Crippen LogP contribution in [-0.4, -0.2) is 56.5 Å². The van der Waals surface area contributed by atoms with E-state index in [1.165, 1.54) is 7.11 Å². The van der Waals surface area contributed by atoms with Gasteiger partial charge in [-0.25, -0.2) is 4.79 Å². The van der Waals surface area contributed by atoms with Crippen molar-refractivity contribution in [2.75, 3.05) is 34.5 Å². The van der Waals surface area contributed by atoms with Gasteiger partial charge in [-0.3, -0.25) is 5.41 Å². The lowest BCUT2D eigenvalue weighted by atomic mass is 9.98. The van der Waals surface area contributed by atoms with Gasteiger partial charge >= 0.3 is 11.8 Å². The Balaban J connectivity index is 1.52. The topological polar surface area (TPSA) is 135 Å². The van der Waals surface area contributed by atoms with Crippen LogP contribution in [0.1, 0.15) is 49.3 Å². The molecule has 2 atom stereocenters. The van der Waals surface area contributed by atoms with Gasteiger partial charge in [0.1, 0.15) is 29.1 Å². The molecule has 0 saturated carbocycles. The largest absolute Gasteiger partial charge is 0.493 e. The van der Waals surface area contributed by atoms with Crippen LogP contribution in [-0.2, 0) is 19.0 Å². The lowest BCUT2D eigenvalue weighted by Crippen LogP contribution is -2.78. The van der Waals surface area contributed by atoms with Gasteiger partial charge in [0.15, 0.2) is 23.7 Å². The molecule has 1 aromatic heterocycles. The standard InChI is InChI=1S/C29H34ClN5O6/c1-29(2,28(36)39-5)40-17-25(31)33-34-32-14-13-23-22-9-7-15-35(22)21-12-11-18(30)16-20(21)26(41-23)19-8-6-10-24(37-3)27(19)38-4/h6-12,15-16,23,26H,13-14,17H2,1-5H3,(H2,31,32,33)/p+2. The number of carbonyl (C=O) groups excluding carboxylic acids is 1. The van der Waals surface area contributed by atoms with Crippen LogP contribution >= 0.6 is 11.6 Å². The Bertz CT molecular complexity index is 1420. The molecule has 0 aliphatic carbocycles. The van der Waals surface area contributed by atoms with Crippen LogP contribution in [0.5, 0.6) is 11.5 Å². The van der Waals surface area contributed by atoms with Gasteiger partial charge in [-0.1, -0.05) is 23.7 Å². The SMILES string of the molecule is COC(=O)C(C)(C)OCC(=[NH2+])N=N[NH2+]CCC1OC(c2cccc(OC)c2OC)c2cc(Cl)ccc2-n2cccc21. The maximum absolute atomic E-state index is 11.8. The fraction of sp³-hybridized carbons (Fsp3) is 0.379. The number of hydrogen-bond acceptors (Lipinski definition) is 7. The Labute approximate surface area is 243 Å². The second-order valence-corrected chi connectivity index (χ2v) is 10.3. The van der Waals surface area contributed by atoms with E-state index in [2.05, 4.69) is 14.9 Å². The average molecular weight is 586 g/mol. The lowest BCUT2D eigenvalue weighted by Gasteiger charge is -2.25. The molecule has 2 heterocycles. The molecule has 12 heteroatoms. The van der Waals surface area contributed by atoms with Crippen LogP contribution in [0.15, 0.2) is 65.1 Å². The molecule has 41 heavy (non-hydrogen) atoms. The summed E-state index contributed by atoms with van der Waals surface area (Å²) in [5.41, 5.74) is 4.22. The van der Waals surface area contributed by atoms with Gasteiger partial charge in [0, 0.05) is 28.8 Å². The predicted octanol–water partition coefficient (Wildman–Crippen LogP) is 2.76. The van der Waals surface area contributed by atoms with E-state index in [1.807, 2.05) is 54.7 Å². The van der Waals surface area contributed by atoms with Crippen LogP contribution in [0.4, 0.5) is 0 Å². The van der Waals surface area contributed by atoms with Crippen molar-refractivity contribution in [3.8, 4) is 17.2 Å². The minimum atomic E-state index is -1.14. The number of aromatic nitrogens is 1. The zero-order valence-electron chi connectivity index (χ0n) is 23.8. The highest BCUT2D eigenvalue weighted by Gasteiger charge is 2.33. The third kappa shape index (κ3) is 6.76. The van der Waals surface area contributed by atoms with Crippen LogP contribution < -0.4 is 20.3 Å². The predicted molar refractivity (Wildman–Crippen MR) is 151 cm³/mol. The number of methoxy groups -OCH3 is 3. The first-order valence-corrected chi connectivity index (χ1v) is 13.5. The summed E-state index contributed by atoms with van der Waals surface area (Å²) >= 11 is 6.47. The van der Waals surface area contributed by atoms with Gasteiger partial charge in [0.2, 0.25) is 0 Å². The summed E-state index contributed by atoms with van der Waals surface area (Å²) in [6.07, 6.45) is 1.84. The highest BCUT2D eigenvalue weighted by Crippen LogP contribution is 2.46. The number of esters is 1. The minimum absolute atomic E-state index is 0.0659. The summed E-state index contributed by atoms with van der Waals surface area (Å²) in [6.45, 7) is 3.68. The number of benzene rings is 2. The molecule has 0 amide bonds. The van der Waals surface area contributed by atoms with Crippen molar-refractivity contribution in [2.45, 2.75) is 38.1 Å². The molecular weight excluding hydrogens is 550 g/mol. The molecule has 0 bridgehead atoms. The zero-order valence-corrected chi connectivity index (χ0v) is 24.6. The number of para-hydroxylation sites is 1. The van der Waals surface area contributed by atoms with Gasteiger partial charge in [-0.05, 0) is 50.2 Å². The zero-order chi connectivity index (χ0) is 29.6. The molecule has 0 spiro atoms. The summed E-state index contributed by atoms with van der Waals surface area (Å²) in [6, 6.07) is 15.6. The van der Waals surface area contributed by atoms with E-state index < -0.39 is 17.7 Å². The van der Waals surface area contributed by atoms with E-state index in [0.717, 1.165) is 22.5 Å². The third-order valence-electron chi connectivity index (χ3n) is 6.74. The number of hydrogen-bond donors (Lipinski definition) is 2. The van der Waals surface area contributed by atoms with Crippen molar-refractivity contribution in [1.29, 1.82) is 0 Å². The number of quaternary nitrogens is 1. The first-order valence-electron chi connectivity index (χ1n) is 13.1. The normalized spacial score (nSPS) is 16.5. The molecule has 0 saturated heterocycles. The van der Waals surface area contributed by atoms with Gasteiger partial charge < -0.3 is 28.3 Å². The van der Waals surface area contributed by atoms with Crippen molar-refractivity contribution in [2.24, 2.45) is 10.3 Å². The van der Waals surface area contributed by atoms with Gasteiger partial charge in [0.25, 0.3) is 0 Å². The van der Waals surface area contributed by atoms with Gasteiger partial charge in [-0.15, -0.1) is 0 Å². The number of ether oxygens (including phenoxy) is 5. The van der Waals surface area contributed by atoms with Gasteiger partial charge in [0.05, 0.1) is 32.7 Å². The van der Waals surface area contributed by atoms with E-state index in [4.69, 9.17) is 40.7 Å². The molecular formula is C29H36ClN5O6+2. The van der Waals surface area contributed by atoms with Crippen molar-refractivity contribution in [3.05, 3.63) is 76.6 Å². The molecule has 1 aliphatic rings. The van der Waals surface area contributed by atoms with Crippen LogP contribution in [0.25, 0.3) is 5.69 Å². The monoisotopic (exact) mass is 585 g/mol. The Hall–Kier alpha value is -3.77. The molecule has 1 aliphatic heterocycles. The van der Waals surface area contributed by atoms with E-state index in [9.17, 15) is 4.79 Å². The van der Waals surface area contributed by atoms with E-state index >= 15 is 0 Å². The molecule has 218 valence electrons. The highest BCUT2D eigenvalue weighted by molar-refractivity contribution is 6.30. The fourth-order valence-electron chi connectivity index (χ4n) is 4.70. The van der Waals surface area contributed by atoms with Crippen molar-refractivity contribution in [1.82, 2.24) is 4.57 Å². The van der Waals surface area contributed by atoms with E-state index in [1.54, 1.807) is 33.5 Å². The fourth-order valence-corrected chi connectivity index (χ4v) is 4.88. The molecule has 0 fully saturated rings. The number of fused-ring (bicyclic) bond motifs is 3. The highest BCUT2D eigenvalue weighted by atomic mass is 35.5. The summed E-state index contributed by atoms with van der Waals surface area (Å²) in [5.74, 6) is 0.839. The van der Waals surface area contributed by atoms with Crippen molar-refractivity contribution < 1.29 is 39.3 Å². The quantitative estimate of drug-likeness (QED) is 0.0676. The van der Waals surface area contributed by atoms with E-state index in [0.29, 0.717) is 29.5 Å². The molecule has 4 N–H and O–H groups in total. The number of rotatable bonds is 11. The number of amidine groups is 1. The van der Waals surface area contributed by atoms with Crippen molar-refractivity contribution >= 4 is 23.4 Å². The Morgan fingerprint density at radius 3 is 2.66 bits per heavy atom. The van der Waals surface area contributed by atoms with Crippen molar-refractivity contribution in [3.63, 3.8) is 0 Å². The average Bonchev–Trinajstić information content (AvgIpc) is 3.42. The Morgan fingerprint density at radius 2 is 1.93 bits per heavy atom. The summed E-state index contributed by atoms with van der Waals surface area (Å²) in [7, 11) is 4.52. The Kier molecular flexibility index (Phi) is 9.77. The first kappa shape index (κ1) is 30.2. The summed E-state index contributed by atoms with van der Waals surface area (Å²) in [4.78, 5) is 11.8. The first-order chi connectivity index (χ1) is 19.7. The Morgan fingerprint density at radius 1 is 1.12 bits per heavy atom. The second-order valence-electron chi connectivity index (χ2n) is 9.85. The molecule has 3 aromatic rings. The smallest absolute Gasteiger partial charge is 0.348 e. The lowest BCUT2D eigenvalue weighted by molar-refractivity contribution is -0.669. The number of nitrogens with two attached hydrogens (primary N) is 2. The summed E-state index contributed by atoms with van der Waals surface area (Å²) < 4.78 is 30.5. The maximum Gasteiger partial charge on any atom is 0.348 e. The van der Waals surface area contributed by atoms with Crippen LogP contribution in [0.2, 0.25) is 5.02 Å². The maximum atomic E-state index is 11.8. The summed E-state index contributed by atoms with van der Waals surface area (Å²) in [5, 5.41) is 14.6. The second kappa shape index (κ2) is 13.3. The van der Waals surface area contributed by atoms with Gasteiger partial charge in [-0.2, -0.15) is 5.43 Å². The third-order valence-corrected chi connectivity index (χ3v) is 6.98. The minimum Gasteiger partial charge on any atom is -0.493 e. The molecule has 11 nitrogen and oxygen atoms in total. The number of carbonyl (C=O) groups is 1.